The fraction of sp³-hybridized carbons (Fsp3) is 0.643. The standard InChI is InChI=1S/C28H40F2/c1-2-3-4-5-6-7-8-9-11-22-14-16-23(17-15-22)24-18-20-25(21-19-24)26-12-10-13-27(29)28(26)30/h10,12-13,18,20-24H,2-9,11,14-17,19H2,1H3. The molecule has 1 saturated carbocycles. The van der Waals surface area contributed by atoms with Gasteiger partial charge in [0.15, 0.2) is 11.6 Å². The minimum Gasteiger partial charge on any atom is -0.204 e. The Balaban J connectivity index is 1.33. The van der Waals surface area contributed by atoms with Crippen molar-refractivity contribution in [2.45, 2.75) is 96.8 Å². The van der Waals surface area contributed by atoms with Crippen molar-refractivity contribution >= 4 is 5.57 Å². The van der Waals surface area contributed by atoms with Crippen LogP contribution in [0.3, 0.4) is 0 Å². The molecule has 2 aliphatic carbocycles. The zero-order valence-corrected chi connectivity index (χ0v) is 18.9. The monoisotopic (exact) mass is 414 g/mol. The van der Waals surface area contributed by atoms with Crippen LogP contribution in [0.5, 0.6) is 0 Å². The van der Waals surface area contributed by atoms with Crippen LogP contribution >= 0.6 is 0 Å². The van der Waals surface area contributed by atoms with E-state index in [1.807, 2.05) is 6.08 Å². The Labute approximate surface area is 182 Å². The Hall–Kier alpha value is -1.44. The number of rotatable bonds is 11. The quantitative estimate of drug-likeness (QED) is 0.316. The topological polar surface area (TPSA) is 0 Å². The van der Waals surface area contributed by atoms with Crippen LogP contribution in [0.15, 0.2) is 36.4 Å². The molecule has 1 aromatic rings. The summed E-state index contributed by atoms with van der Waals surface area (Å²) in [6, 6.07) is 4.44. The predicted molar refractivity (Wildman–Crippen MR) is 124 cm³/mol. The second-order valence-electron chi connectivity index (χ2n) is 9.56. The molecule has 0 aromatic heterocycles. The van der Waals surface area contributed by atoms with E-state index in [0.29, 0.717) is 11.5 Å². The second kappa shape index (κ2) is 12.4. The lowest BCUT2D eigenvalue weighted by molar-refractivity contribution is 0.218. The average Bonchev–Trinajstić information content (AvgIpc) is 2.78. The highest BCUT2D eigenvalue weighted by molar-refractivity contribution is 5.75. The predicted octanol–water partition coefficient (Wildman–Crippen LogP) is 9.26. The highest BCUT2D eigenvalue weighted by atomic mass is 19.2. The van der Waals surface area contributed by atoms with Crippen LogP contribution in [0.2, 0.25) is 0 Å². The van der Waals surface area contributed by atoms with E-state index >= 15 is 0 Å². The summed E-state index contributed by atoms with van der Waals surface area (Å²) in [6.45, 7) is 2.28. The van der Waals surface area contributed by atoms with Gasteiger partial charge in [-0.2, -0.15) is 0 Å². The van der Waals surface area contributed by atoms with Crippen molar-refractivity contribution in [1.82, 2.24) is 0 Å². The van der Waals surface area contributed by atoms with E-state index in [0.717, 1.165) is 23.8 Å². The first-order valence-electron chi connectivity index (χ1n) is 12.5. The summed E-state index contributed by atoms with van der Waals surface area (Å²) < 4.78 is 27.6. The third-order valence-electron chi connectivity index (χ3n) is 7.36. The molecule has 1 unspecified atom stereocenters. The summed E-state index contributed by atoms with van der Waals surface area (Å²) in [6.07, 6.45) is 25.4. The Bertz CT molecular complexity index is 695. The minimum atomic E-state index is -0.765. The highest BCUT2D eigenvalue weighted by Gasteiger charge is 2.27. The van der Waals surface area contributed by atoms with E-state index in [1.54, 1.807) is 12.1 Å². The Morgan fingerprint density at radius 2 is 1.57 bits per heavy atom. The summed E-state index contributed by atoms with van der Waals surface area (Å²) in [7, 11) is 0. The molecule has 0 radical (unpaired) electrons. The van der Waals surface area contributed by atoms with E-state index < -0.39 is 11.6 Å². The number of allylic oxidation sites excluding steroid dienone is 4. The molecule has 0 bridgehead atoms. The van der Waals surface area contributed by atoms with Gasteiger partial charge in [0.05, 0.1) is 0 Å². The molecule has 0 amide bonds. The third kappa shape index (κ3) is 6.79. The van der Waals surface area contributed by atoms with Gasteiger partial charge in [0.25, 0.3) is 0 Å². The van der Waals surface area contributed by atoms with Crippen molar-refractivity contribution in [3.63, 3.8) is 0 Å². The maximum atomic E-state index is 14.1. The van der Waals surface area contributed by atoms with Gasteiger partial charge in [0.2, 0.25) is 0 Å². The first-order valence-corrected chi connectivity index (χ1v) is 12.5. The number of benzene rings is 1. The SMILES string of the molecule is CCCCCCCCCCC1CCC(C2C=CC(c3cccc(F)c3F)=CC2)CC1. The number of hydrogen-bond acceptors (Lipinski definition) is 0. The molecule has 0 spiro atoms. The number of hydrogen-bond donors (Lipinski definition) is 0. The molecule has 0 aliphatic heterocycles. The van der Waals surface area contributed by atoms with Gasteiger partial charge in [0.1, 0.15) is 0 Å². The highest BCUT2D eigenvalue weighted by Crippen LogP contribution is 2.40. The molecule has 1 fully saturated rings. The van der Waals surface area contributed by atoms with Gasteiger partial charge >= 0.3 is 0 Å². The summed E-state index contributed by atoms with van der Waals surface area (Å²) in [5, 5.41) is 0. The third-order valence-corrected chi connectivity index (χ3v) is 7.36. The molecule has 166 valence electrons. The van der Waals surface area contributed by atoms with Crippen molar-refractivity contribution < 1.29 is 8.78 Å². The van der Waals surface area contributed by atoms with Crippen LogP contribution in [0, 0.1) is 29.4 Å². The largest absolute Gasteiger partial charge is 0.204 e. The first-order chi connectivity index (χ1) is 14.7. The van der Waals surface area contributed by atoms with Crippen LogP contribution < -0.4 is 0 Å². The van der Waals surface area contributed by atoms with Crippen molar-refractivity contribution in [2.75, 3.05) is 0 Å². The van der Waals surface area contributed by atoms with Gasteiger partial charge in [-0.15, -0.1) is 0 Å². The molecular formula is C28H40F2. The van der Waals surface area contributed by atoms with Gasteiger partial charge in [0, 0.05) is 5.56 Å². The fourth-order valence-corrected chi connectivity index (χ4v) is 5.38. The molecule has 1 aromatic carbocycles. The van der Waals surface area contributed by atoms with Gasteiger partial charge < -0.3 is 0 Å². The normalized spacial score (nSPS) is 24.1. The molecule has 0 saturated heterocycles. The summed E-state index contributed by atoms with van der Waals surface area (Å²) >= 11 is 0. The molecule has 0 nitrogen and oxygen atoms in total. The lowest BCUT2D eigenvalue weighted by Gasteiger charge is -2.33. The molecule has 0 heterocycles. The molecule has 3 rings (SSSR count). The molecule has 2 heteroatoms. The number of unbranched alkanes of at least 4 members (excludes halogenated alkanes) is 7. The van der Waals surface area contributed by atoms with Gasteiger partial charge in [-0.3, -0.25) is 0 Å². The molecular weight excluding hydrogens is 374 g/mol. The average molecular weight is 415 g/mol. The van der Waals surface area contributed by atoms with Crippen LogP contribution in [-0.2, 0) is 0 Å². The lowest BCUT2D eigenvalue weighted by Crippen LogP contribution is -2.21. The van der Waals surface area contributed by atoms with Crippen molar-refractivity contribution in [3.05, 3.63) is 53.6 Å². The van der Waals surface area contributed by atoms with Gasteiger partial charge in [-0.25, -0.2) is 8.78 Å². The van der Waals surface area contributed by atoms with E-state index in [2.05, 4.69) is 19.1 Å². The second-order valence-corrected chi connectivity index (χ2v) is 9.56. The number of halogens is 2. The molecule has 2 aliphatic rings. The summed E-state index contributed by atoms with van der Waals surface area (Å²) in [5.41, 5.74) is 1.21. The Morgan fingerprint density at radius 1 is 0.867 bits per heavy atom. The molecule has 0 N–H and O–H groups in total. The summed E-state index contributed by atoms with van der Waals surface area (Å²) in [5.74, 6) is 0.758. The van der Waals surface area contributed by atoms with Crippen molar-refractivity contribution in [1.29, 1.82) is 0 Å². The fourth-order valence-electron chi connectivity index (χ4n) is 5.38. The van der Waals surface area contributed by atoms with Crippen LogP contribution in [0.4, 0.5) is 8.78 Å². The zero-order valence-electron chi connectivity index (χ0n) is 18.9. The Morgan fingerprint density at radius 3 is 2.23 bits per heavy atom. The van der Waals surface area contributed by atoms with Gasteiger partial charge in [-0.05, 0) is 48.7 Å². The van der Waals surface area contributed by atoms with E-state index in [1.165, 1.54) is 89.5 Å². The summed E-state index contributed by atoms with van der Waals surface area (Å²) in [4.78, 5) is 0. The van der Waals surface area contributed by atoms with Crippen LogP contribution in [0.25, 0.3) is 5.57 Å². The van der Waals surface area contributed by atoms with Crippen LogP contribution in [0.1, 0.15) is 102 Å². The smallest absolute Gasteiger partial charge is 0.166 e. The maximum absolute atomic E-state index is 14.1. The lowest BCUT2D eigenvalue weighted by atomic mass is 9.72. The Kier molecular flexibility index (Phi) is 9.62. The van der Waals surface area contributed by atoms with Crippen LogP contribution in [-0.4, -0.2) is 0 Å². The van der Waals surface area contributed by atoms with E-state index in [4.69, 9.17) is 0 Å². The van der Waals surface area contributed by atoms with Gasteiger partial charge in [-0.1, -0.05) is 108 Å². The zero-order chi connectivity index (χ0) is 21.2. The maximum Gasteiger partial charge on any atom is 0.166 e. The molecule has 30 heavy (non-hydrogen) atoms. The van der Waals surface area contributed by atoms with Crippen molar-refractivity contribution in [2.24, 2.45) is 17.8 Å². The minimum absolute atomic E-state index is 0.388. The first kappa shape index (κ1) is 23.2. The van der Waals surface area contributed by atoms with Crippen molar-refractivity contribution in [3.8, 4) is 0 Å². The molecule has 1 atom stereocenters. The van der Waals surface area contributed by atoms with E-state index in [9.17, 15) is 8.78 Å². The van der Waals surface area contributed by atoms with E-state index in [-0.39, 0.29) is 0 Å².